The summed E-state index contributed by atoms with van der Waals surface area (Å²) in [4.78, 5) is 15.1. The summed E-state index contributed by atoms with van der Waals surface area (Å²) in [5, 5.41) is 19.1. The number of hydrogen-bond donors (Lipinski definition) is 3. The van der Waals surface area contributed by atoms with Gasteiger partial charge >= 0.3 is 5.69 Å². The summed E-state index contributed by atoms with van der Waals surface area (Å²) in [6.45, 7) is 1.53. The van der Waals surface area contributed by atoms with Crippen molar-refractivity contribution in [2.24, 2.45) is 0 Å². The quantitative estimate of drug-likeness (QED) is 0.603. The average molecular weight is 241 g/mol. The smallest absolute Gasteiger partial charge is 0.351 e. The van der Waals surface area contributed by atoms with E-state index in [4.69, 9.17) is 10.5 Å². The molecule has 0 aliphatic carbocycles. The molecule has 2 heterocycles. The molecule has 7 nitrogen and oxygen atoms in total. The molecule has 94 valence electrons. The third kappa shape index (κ3) is 2.31. The Morgan fingerprint density at radius 1 is 1.71 bits per heavy atom. The van der Waals surface area contributed by atoms with Gasteiger partial charge in [-0.1, -0.05) is 0 Å². The van der Waals surface area contributed by atoms with Crippen molar-refractivity contribution in [2.75, 3.05) is 5.73 Å². The standard InChI is InChI=1S/C10H15N3O4/c1-5(14)9-6(15)4-8(17-9)13-3-2-7(11)12-10(13)16/h2-3,5-6,8-9,14-15H,4H2,1H3,(H2,11,12,16)/t5?,6-,8+,9+/m0/s1. The molecule has 1 aromatic rings. The summed E-state index contributed by atoms with van der Waals surface area (Å²) in [6, 6.07) is 1.48. The monoisotopic (exact) mass is 241 g/mol. The highest BCUT2D eigenvalue weighted by Gasteiger charge is 2.38. The van der Waals surface area contributed by atoms with Gasteiger partial charge in [0.05, 0.1) is 12.2 Å². The molecule has 1 aromatic heterocycles. The molecule has 17 heavy (non-hydrogen) atoms. The molecule has 1 saturated heterocycles. The van der Waals surface area contributed by atoms with Crippen molar-refractivity contribution in [1.82, 2.24) is 9.55 Å². The molecule has 0 aromatic carbocycles. The maximum absolute atomic E-state index is 11.6. The predicted octanol–water partition coefficient (Wildman–Crippen LogP) is -1.15. The number of nitrogens with two attached hydrogens (primary N) is 1. The van der Waals surface area contributed by atoms with E-state index in [0.29, 0.717) is 0 Å². The Labute approximate surface area is 97.5 Å². The Kier molecular flexibility index (Phi) is 3.14. The number of rotatable bonds is 2. The Morgan fingerprint density at radius 3 is 2.94 bits per heavy atom. The molecule has 1 unspecified atom stereocenters. The van der Waals surface area contributed by atoms with Crippen molar-refractivity contribution in [3.05, 3.63) is 22.7 Å². The van der Waals surface area contributed by atoms with Crippen LogP contribution in [-0.4, -0.2) is 38.1 Å². The van der Waals surface area contributed by atoms with E-state index in [1.54, 1.807) is 0 Å². The van der Waals surface area contributed by atoms with Crippen LogP contribution in [0.1, 0.15) is 19.6 Å². The van der Waals surface area contributed by atoms with Crippen LogP contribution in [-0.2, 0) is 4.74 Å². The largest absolute Gasteiger partial charge is 0.391 e. The van der Waals surface area contributed by atoms with Gasteiger partial charge in [0.2, 0.25) is 0 Å². The van der Waals surface area contributed by atoms with Gasteiger partial charge in [-0.2, -0.15) is 4.98 Å². The van der Waals surface area contributed by atoms with Gasteiger partial charge in [-0.05, 0) is 13.0 Å². The highest BCUT2D eigenvalue weighted by molar-refractivity contribution is 5.23. The fourth-order valence-electron chi connectivity index (χ4n) is 1.93. The number of aromatic nitrogens is 2. The highest BCUT2D eigenvalue weighted by atomic mass is 16.5. The molecule has 2 rings (SSSR count). The summed E-state index contributed by atoms with van der Waals surface area (Å²) >= 11 is 0. The van der Waals surface area contributed by atoms with Crippen molar-refractivity contribution in [3.63, 3.8) is 0 Å². The van der Waals surface area contributed by atoms with Crippen LogP contribution in [0.2, 0.25) is 0 Å². The molecule has 7 heteroatoms. The van der Waals surface area contributed by atoms with Crippen LogP contribution in [0, 0.1) is 0 Å². The minimum Gasteiger partial charge on any atom is -0.391 e. The number of ether oxygens (including phenoxy) is 1. The van der Waals surface area contributed by atoms with Gasteiger partial charge < -0.3 is 20.7 Å². The van der Waals surface area contributed by atoms with E-state index < -0.39 is 30.2 Å². The van der Waals surface area contributed by atoms with Crippen LogP contribution < -0.4 is 11.4 Å². The summed E-state index contributed by atoms with van der Waals surface area (Å²) < 4.78 is 6.68. The highest BCUT2D eigenvalue weighted by Crippen LogP contribution is 2.29. The van der Waals surface area contributed by atoms with E-state index in [1.165, 1.54) is 23.8 Å². The van der Waals surface area contributed by atoms with Crippen LogP contribution in [0.5, 0.6) is 0 Å². The SMILES string of the molecule is CC(O)[C@H]1O[C@@H](n2ccc(N)nc2=O)C[C@@H]1O. The zero-order chi connectivity index (χ0) is 12.6. The first-order valence-corrected chi connectivity index (χ1v) is 5.35. The Balaban J connectivity index is 2.23. The van der Waals surface area contributed by atoms with Crippen LogP contribution in [0.3, 0.4) is 0 Å². The van der Waals surface area contributed by atoms with Crippen LogP contribution in [0.15, 0.2) is 17.1 Å². The first kappa shape index (κ1) is 12.0. The van der Waals surface area contributed by atoms with Gasteiger partial charge in [-0.25, -0.2) is 4.79 Å². The molecule has 1 fully saturated rings. The van der Waals surface area contributed by atoms with E-state index >= 15 is 0 Å². The number of aliphatic hydroxyl groups is 2. The van der Waals surface area contributed by atoms with Crippen molar-refractivity contribution in [3.8, 4) is 0 Å². The van der Waals surface area contributed by atoms with E-state index in [1.807, 2.05) is 0 Å². The van der Waals surface area contributed by atoms with Gasteiger partial charge in [-0.15, -0.1) is 0 Å². The summed E-state index contributed by atoms with van der Waals surface area (Å²) in [5.41, 5.74) is 4.84. The second-order valence-electron chi connectivity index (χ2n) is 4.14. The topological polar surface area (TPSA) is 111 Å². The normalized spacial score (nSPS) is 30.4. The van der Waals surface area contributed by atoms with Crippen molar-refractivity contribution in [2.45, 2.75) is 37.9 Å². The zero-order valence-electron chi connectivity index (χ0n) is 9.35. The van der Waals surface area contributed by atoms with E-state index in [0.717, 1.165) is 0 Å². The first-order valence-electron chi connectivity index (χ1n) is 5.35. The lowest BCUT2D eigenvalue weighted by Crippen LogP contribution is -2.32. The van der Waals surface area contributed by atoms with Crippen molar-refractivity contribution in [1.29, 1.82) is 0 Å². The number of nitrogens with zero attached hydrogens (tertiary/aromatic N) is 2. The fourth-order valence-corrected chi connectivity index (χ4v) is 1.93. The molecule has 0 amide bonds. The van der Waals surface area contributed by atoms with E-state index in [9.17, 15) is 15.0 Å². The van der Waals surface area contributed by atoms with Gasteiger partial charge in [0.15, 0.2) is 0 Å². The molecule has 4 atom stereocenters. The molecule has 4 N–H and O–H groups in total. The van der Waals surface area contributed by atoms with Gasteiger partial charge in [0, 0.05) is 12.6 Å². The van der Waals surface area contributed by atoms with Crippen molar-refractivity contribution >= 4 is 5.82 Å². The van der Waals surface area contributed by atoms with E-state index in [-0.39, 0.29) is 12.2 Å². The lowest BCUT2D eigenvalue weighted by atomic mass is 10.1. The van der Waals surface area contributed by atoms with Crippen molar-refractivity contribution < 1.29 is 14.9 Å². The van der Waals surface area contributed by atoms with Gasteiger partial charge in [0.25, 0.3) is 0 Å². The third-order valence-corrected chi connectivity index (χ3v) is 2.77. The summed E-state index contributed by atoms with van der Waals surface area (Å²) in [6.07, 6.45) is -1.21. The van der Waals surface area contributed by atoms with Gasteiger partial charge in [0.1, 0.15) is 18.1 Å². The van der Waals surface area contributed by atoms with Crippen LogP contribution in [0.25, 0.3) is 0 Å². The second-order valence-corrected chi connectivity index (χ2v) is 4.14. The first-order chi connectivity index (χ1) is 7.99. The van der Waals surface area contributed by atoms with E-state index in [2.05, 4.69) is 4.98 Å². The van der Waals surface area contributed by atoms with Crippen LogP contribution >= 0.6 is 0 Å². The number of anilines is 1. The molecule has 0 spiro atoms. The fraction of sp³-hybridized carbons (Fsp3) is 0.600. The Bertz CT molecular complexity index is 459. The molecular formula is C10H15N3O4. The molecule has 1 aliphatic rings. The number of hydrogen-bond acceptors (Lipinski definition) is 6. The van der Waals surface area contributed by atoms with Gasteiger partial charge in [-0.3, -0.25) is 4.57 Å². The minimum absolute atomic E-state index is 0.136. The Morgan fingerprint density at radius 2 is 2.41 bits per heavy atom. The summed E-state index contributed by atoms with van der Waals surface area (Å²) in [7, 11) is 0. The molecule has 1 aliphatic heterocycles. The molecule has 0 saturated carbocycles. The minimum atomic E-state index is -0.801. The van der Waals surface area contributed by atoms with Crippen LogP contribution in [0.4, 0.5) is 5.82 Å². The maximum Gasteiger partial charge on any atom is 0.351 e. The molecular weight excluding hydrogens is 226 g/mol. The second kappa shape index (κ2) is 4.44. The average Bonchev–Trinajstić information content (AvgIpc) is 2.60. The zero-order valence-corrected chi connectivity index (χ0v) is 9.35. The summed E-state index contributed by atoms with van der Waals surface area (Å²) in [5.74, 6) is 0.136. The number of nitrogen functional groups attached to an aromatic ring is 1. The Hall–Kier alpha value is -1.44. The molecule has 0 bridgehead atoms. The molecule has 0 radical (unpaired) electrons. The predicted molar refractivity (Wildman–Crippen MR) is 59.1 cm³/mol. The maximum atomic E-state index is 11.6. The third-order valence-electron chi connectivity index (χ3n) is 2.77. The lowest BCUT2D eigenvalue weighted by Gasteiger charge is -2.18. The lowest BCUT2D eigenvalue weighted by molar-refractivity contribution is -0.0770. The number of aliphatic hydroxyl groups excluding tert-OH is 2.